The molecule has 88 heavy (non-hydrogen) atoms. The van der Waals surface area contributed by atoms with E-state index in [1.807, 2.05) is 0 Å². The highest BCUT2D eigenvalue weighted by atomic mass is 16.7. The number of ether oxygens (including phenoxy) is 4. The number of hydroxylamine groups is 8. The summed E-state index contributed by atoms with van der Waals surface area (Å²) in [6, 6.07) is 0. The zero-order valence-electron chi connectivity index (χ0n) is 60.2. The highest BCUT2D eigenvalue weighted by Gasteiger charge is 2.54. The van der Waals surface area contributed by atoms with Crippen LogP contribution in [0.5, 0.6) is 0 Å². The minimum atomic E-state index is -1.45. The largest absolute Gasteiger partial charge is 0.462 e. The lowest BCUT2D eigenvalue weighted by molar-refractivity contribution is -0.295. The zero-order valence-corrected chi connectivity index (χ0v) is 60.2. The summed E-state index contributed by atoms with van der Waals surface area (Å²) >= 11 is 0. The van der Waals surface area contributed by atoms with Crippen LogP contribution >= 0.6 is 0 Å². The molecule has 0 N–H and O–H groups in total. The van der Waals surface area contributed by atoms with E-state index in [-0.39, 0.29) is 0 Å². The van der Waals surface area contributed by atoms with E-state index in [1.165, 1.54) is 77.0 Å². The van der Waals surface area contributed by atoms with Gasteiger partial charge in [0.15, 0.2) is 0 Å². The standard InChI is InChI=1S/C72H134N4O12/c1-21-25-29-33-37-41-81-73-65(5,6)47-55(48-66(73,7)8)85-61(77)45-59(63(79)87-57-51-69(13,14)75(70(15,16)52-57)83-43-39-35-31-27-23-3)60(64(80)88-58-53-71(17,18)76(72(19,20)54-58)84-44-40-36-32-28-24-4)46-62(78)86-56-49-67(9,10)74(68(11,12)50-56)82-42-38-34-30-26-22-2/h55-60H,21-54H2,1-20H3. The van der Waals surface area contributed by atoms with Crippen molar-refractivity contribution in [3.05, 3.63) is 0 Å². The smallest absolute Gasteiger partial charge is 0.310 e. The molecule has 4 aliphatic heterocycles. The number of nitrogens with zero attached hydrogens (tertiary/aromatic N) is 4. The van der Waals surface area contributed by atoms with Gasteiger partial charge in [-0.1, -0.05) is 130 Å². The van der Waals surface area contributed by atoms with Crippen LogP contribution in [-0.2, 0) is 57.5 Å². The van der Waals surface area contributed by atoms with Crippen molar-refractivity contribution in [3.63, 3.8) is 0 Å². The molecule has 4 saturated heterocycles. The van der Waals surface area contributed by atoms with Crippen molar-refractivity contribution in [2.75, 3.05) is 26.4 Å². The van der Waals surface area contributed by atoms with Gasteiger partial charge in [-0.05, 0) is 136 Å². The normalized spacial score (nSPS) is 23.1. The fraction of sp³-hybridized carbons (Fsp3) is 0.944. The van der Waals surface area contributed by atoms with Gasteiger partial charge in [0.2, 0.25) is 0 Å². The Morgan fingerprint density at radius 1 is 0.295 bits per heavy atom. The van der Waals surface area contributed by atoms with Crippen molar-refractivity contribution >= 4 is 23.9 Å². The summed E-state index contributed by atoms with van der Waals surface area (Å²) in [5.41, 5.74) is -4.23. The molecule has 2 unspecified atom stereocenters. The van der Waals surface area contributed by atoms with E-state index >= 15 is 9.59 Å². The highest BCUT2D eigenvalue weighted by molar-refractivity contribution is 5.89. The van der Waals surface area contributed by atoms with Crippen LogP contribution < -0.4 is 0 Å². The summed E-state index contributed by atoms with van der Waals surface area (Å²) in [6.45, 7) is 44.9. The Morgan fingerprint density at radius 2 is 0.477 bits per heavy atom. The van der Waals surface area contributed by atoms with Crippen LogP contribution in [0.3, 0.4) is 0 Å². The molecule has 0 aliphatic carbocycles. The molecular weight excluding hydrogens is 1110 g/mol. The van der Waals surface area contributed by atoms with E-state index in [2.05, 4.69) is 159 Å². The fourth-order valence-electron chi connectivity index (χ4n) is 16.0. The van der Waals surface area contributed by atoms with Gasteiger partial charge < -0.3 is 18.9 Å². The number of hydrogen-bond donors (Lipinski definition) is 0. The molecule has 0 saturated carbocycles. The predicted octanol–water partition coefficient (Wildman–Crippen LogP) is 16.9. The lowest BCUT2D eigenvalue weighted by Crippen LogP contribution is -2.62. The molecule has 0 aromatic rings. The number of carbonyl (C=O) groups is 4. The van der Waals surface area contributed by atoms with E-state index in [9.17, 15) is 9.59 Å². The van der Waals surface area contributed by atoms with Crippen LogP contribution in [0.1, 0.15) is 331 Å². The SMILES string of the molecule is CCCCCCCON1C(C)(C)CC(OC(=O)CC(C(=O)OC2CC(C)(C)N(OCCCCCCC)C(C)(C)C2)C(CC(=O)OC2CC(C)(C)N(OCCCCCCC)C(C)(C)C2)C(=O)OC2CC(C)(C)N(OCCCCCCC)C(C)(C)C2)CC1(C)C. The van der Waals surface area contributed by atoms with Crippen molar-refractivity contribution < 1.29 is 57.5 Å². The summed E-state index contributed by atoms with van der Waals surface area (Å²) in [7, 11) is 0. The summed E-state index contributed by atoms with van der Waals surface area (Å²) in [5, 5.41) is 8.31. The van der Waals surface area contributed by atoms with Crippen molar-refractivity contribution in [1.29, 1.82) is 0 Å². The molecule has 4 rings (SSSR count). The number of carbonyl (C=O) groups excluding carboxylic acids is 4. The minimum absolute atomic E-state index is 0.437. The van der Waals surface area contributed by atoms with Crippen LogP contribution in [-0.4, -0.2) is 139 Å². The summed E-state index contributed by atoms with van der Waals surface area (Å²) in [5.74, 6) is -5.71. The topological polar surface area (TPSA) is 155 Å². The molecule has 0 aromatic carbocycles. The molecule has 0 spiro atoms. The number of hydrogen-bond acceptors (Lipinski definition) is 16. The second-order valence-electron chi connectivity index (χ2n) is 32.3. The van der Waals surface area contributed by atoms with E-state index < -0.39 is 117 Å². The summed E-state index contributed by atoms with van der Waals surface area (Å²) < 4.78 is 26.3. The maximum Gasteiger partial charge on any atom is 0.310 e. The first-order valence-corrected chi connectivity index (χ1v) is 35.6. The van der Waals surface area contributed by atoms with E-state index in [4.69, 9.17) is 38.3 Å². The highest BCUT2D eigenvalue weighted by Crippen LogP contribution is 2.45. The third kappa shape index (κ3) is 24.2. The van der Waals surface area contributed by atoms with Crippen molar-refractivity contribution in [3.8, 4) is 0 Å². The van der Waals surface area contributed by atoms with Gasteiger partial charge >= 0.3 is 23.9 Å². The Hall–Kier alpha value is -2.44. The molecule has 16 nitrogen and oxygen atoms in total. The number of esters is 4. The van der Waals surface area contributed by atoms with Crippen LogP contribution in [0.15, 0.2) is 0 Å². The molecule has 4 fully saturated rings. The van der Waals surface area contributed by atoms with Crippen LogP contribution in [0.4, 0.5) is 0 Å². The van der Waals surface area contributed by atoms with Crippen LogP contribution in [0.25, 0.3) is 0 Å². The second-order valence-corrected chi connectivity index (χ2v) is 32.3. The van der Waals surface area contributed by atoms with Gasteiger partial charge in [-0.25, -0.2) is 0 Å². The maximum absolute atomic E-state index is 15.6. The monoisotopic (exact) mass is 1250 g/mol. The van der Waals surface area contributed by atoms with Gasteiger partial charge in [-0.3, -0.25) is 38.5 Å². The number of piperidine rings is 4. The Labute approximate surface area is 537 Å². The molecule has 0 amide bonds. The van der Waals surface area contributed by atoms with Gasteiger partial charge in [-0.2, -0.15) is 20.3 Å². The van der Waals surface area contributed by atoms with Crippen molar-refractivity contribution in [2.24, 2.45) is 11.8 Å². The molecule has 2 atom stereocenters. The van der Waals surface area contributed by atoms with Gasteiger partial charge in [0.25, 0.3) is 0 Å². The van der Waals surface area contributed by atoms with Crippen molar-refractivity contribution in [2.45, 2.75) is 400 Å². The maximum atomic E-state index is 15.6. The molecular formula is C72H134N4O12. The third-order valence-electron chi connectivity index (χ3n) is 19.1. The Bertz CT molecular complexity index is 1870. The van der Waals surface area contributed by atoms with Crippen molar-refractivity contribution in [1.82, 2.24) is 20.3 Å². The van der Waals surface area contributed by atoms with Gasteiger partial charge in [0.05, 0.1) is 51.1 Å². The van der Waals surface area contributed by atoms with E-state index in [1.54, 1.807) is 0 Å². The molecule has 514 valence electrons. The number of unbranched alkanes of at least 4 members (excludes halogenated alkanes) is 16. The first-order valence-electron chi connectivity index (χ1n) is 35.6. The Kier molecular flexibility index (Phi) is 31.2. The predicted molar refractivity (Wildman–Crippen MR) is 352 cm³/mol. The van der Waals surface area contributed by atoms with E-state index in [0.717, 1.165) is 51.4 Å². The summed E-state index contributed by atoms with van der Waals surface area (Å²) in [4.78, 5) is 87.3. The second kappa shape index (κ2) is 35.2. The van der Waals surface area contributed by atoms with Gasteiger partial charge in [0.1, 0.15) is 24.4 Å². The third-order valence-corrected chi connectivity index (χ3v) is 19.1. The quantitative estimate of drug-likeness (QED) is 0.0325. The molecule has 16 heteroatoms. The molecule has 4 aliphatic rings. The molecule has 0 bridgehead atoms. The Morgan fingerprint density at radius 3 is 0.670 bits per heavy atom. The van der Waals surface area contributed by atoms with Crippen LogP contribution in [0, 0.1) is 11.8 Å². The Balaban J connectivity index is 1.72. The molecule has 0 aromatic heterocycles. The molecule has 4 heterocycles. The van der Waals surface area contributed by atoms with E-state index in [0.29, 0.717) is 77.8 Å². The summed E-state index contributed by atoms with van der Waals surface area (Å²) in [6.07, 6.45) is 22.8. The minimum Gasteiger partial charge on any atom is -0.462 e. The zero-order chi connectivity index (χ0) is 65.8. The lowest BCUT2D eigenvalue weighted by atomic mass is 9.79. The average molecular weight is 1250 g/mol. The van der Waals surface area contributed by atoms with Crippen LogP contribution in [0.2, 0.25) is 0 Å². The number of rotatable bonds is 39. The first kappa shape index (κ1) is 78.0. The van der Waals surface area contributed by atoms with Gasteiger partial charge in [-0.15, -0.1) is 0 Å². The lowest BCUT2D eigenvalue weighted by Gasteiger charge is -2.53. The van der Waals surface area contributed by atoms with Gasteiger partial charge in [0, 0.05) is 95.7 Å². The fourth-order valence-corrected chi connectivity index (χ4v) is 16.0. The molecule has 0 radical (unpaired) electrons. The first-order chi connectivity index (χ1) is 41.1. The average Bonchev–Trinajstić information content (AvgIpc) is 3.08.